The Morgan fingerprint density at radius 2 is 2.00 bits per heavy atom. The van der Waals surface area contributed by atoms with E-state index in [0.717, 1.165) is 0 Å². The van der Waals surface area contributed by atoms with Gasteiger partial charge in [-0.05, 0) is 5.92 Å². The molecular weight excluding hydrogens is 160 g/mol. The van der Waals surface area contributed by atoms with Gasteiger partial charge in [-0.15, -0.1) is 0 Å². The van der Waals surface area contributed by atoms with Crippen LogP contribution in [0, 0.1) is 5.92 Å². The van der Waals surface area contributed by atoms with Crippen LogP contribution in [0.3, 0.4) is 0 Å². The standard InChI is InChI=1S/C8H13O4/c1-6(2)4-8(10)12-7(3)11-5-9/h6-7H,4H2,1-3H3. The minimum atomic E-state index is -0.839. The number of hydrogen-bond donors (Lipinski definition) is 0. The fourth-order valence-electron chi connectivity index (χ4n) is 0.658. The third-order valence-corrected chi connectivity index (χ3v) is 1.09. The molecule has 0 aliphatic rings. The van der Waals surface area contributed by atoms with Crippen molar-refractivity contribution in [3.05, 3.63) is 0 Å². The van der Waals surface area contributed by atoms with Crippen LogP contribution in [0.15, 0.2) is 0 Å². The number of hydrogen-bond acceptors (Lipinski definition) is 4. The van der Waals surface area contributed by atoms with E-state index in [4.69, 9.17) is 0 Å². The van der Waals surface area contributed by atoms with Gasteiger partial charge in [0, 0.05) is 13.3 Å². The van der Waals surface area contributed by atoms with Crippen LogP contribution in [0.2, 0.25) is 0 Å². The van der Waals surface area contributed by atoms with Crippen molar-refractivity contribution in [2.75, 3.05) is 0 Å². The second kappa shape index (κ2) is 5.57. The summed E-state index contributed by atoms with van der Waals surface area (Å²) in [5, 5.41) is 0. The minimum absolute atomic E-state index is 0.241. The van der Waals surface area contributed by atoms with E-state index in [0.29, 0.717) is 6.42 Å². The van der Waals surface area contributed by atoms with E-state index in [9.17, 15) is 9.59 Å². The molecule has 0 amide bonds. The zero-order valence-corrected chi connectivity index (χ0v) is 7.49. The Labute approximate surface area is 71.8 Å². The van der Waals surface area contributed by atoms with E-state index in [1.54, 1.807) is 0 Å². The molecule has 1 unspecified atom stereocenters. The summed E-state index contributed by atoms with van der Waals surface area (Å²) in [5.41, 5.74) is 0. The first-order valence-electron chi connectivity index (χ1n) is 3.78. The van der Waals surface area contributed by atoms with Gasteiger partial charge in [-0.3, -0.25) is 4.79 Å². The molecule has 0 heterocycles. The smallest absolute Gasteiger partial charge is 0.420 e. The van der Waals surface area contributed by atoms with Crippen LogP contribution in [0.25, 0.3) is 0 Å². The summed E-state index contributed by atoms with van der Waals surface area (Å²) in [7, 11) is 0. The summed E-state index contributed by atoms with van der Waals surface area (Å²) in [5.74, 6) is -0.127. The van der Waals surface area contributed by atoms with Gasteiger partial charge in [0.05, 0.1) is 0 Å². The van der Waals surface area contributed by atoms with Gasteiger partial charge in [0.25, 0.3) is 0 Å². The molecule has 0 N–H and O–H groups in total. The average molecular weight is 173 g/mol. The summed E-state index contributed by atoms with van der Waals surface area (Å²) in [6.07, 6.45) is -0.513. The van der Waals surface area contributed by atoms with Gasteiger partial charge in [0.2, 0.25) is 6.29 Å². The van der Waals surface area contributed by atoms with Crippen LogP contribution in [0.1, 0.15) is 27.2 Å². The maximum absolute atomic E-state index is 10.9. The van der Waals surface area contributed by atoms with E-state index in [-0.39, 0.29) is 11.9 Å². The lowest BCUT2D eigenvalue weighted by Gasteiger charge is -2.10. The summed E-state index contributed by atoms with van der Waals surface area (Å²) in [6.45, 7) is 6.46. The highest BCUT2D eigenvalue weighted by molar-refractivity contribution is 5.69. The Hall–Kier alpha value is -1.06. The predicted octanol–water partition coefficient (Wildman–Crippen LogP) is 1.01. The zero-order valence-electron chi connectivity index (χ0n) is 7.49. The van der Waals surface area contributed by atoms with Gasteiger partial charge in [0.15, 0.2) is 0 Å². The normalized spacial score (nSPS) is 12.3. The molecule has 0 aromatic rings. The highest BCUT2D eigenvalue weighted by Gasteiger charge is 2.10. The van der Waals surface area contributed by atoms with E-state index >= 15 is 0 Å². The van der Waals surface area contributed by atoms with Crippen LogP contribution < -0.4 is 0 Å². The first-order chi connectivity index (χ1) is 5.56. The Balaban J connectivity index is 3.61. The van der Waals surface area contributed by atoms with Crippen molar-refractivity contribution in [3.63, 3.8) is 0 Å². The molecule has 4 heteroatoms. The molecule has 0 aromatic heterocycles. The second-order valence-electron chi connectivity index (χ2n) is 2.86. The molecule has 1 radical (unpaired) electrons. The lowest BCUT2D eigenvalue weighted by atomic mass is 10.1. The maximum atomic E-state index is 10.9. The fraction of sp³-hybridized carbons (Fsp3) is 0.750. The molecule has 1 atom stereocenters. The van der Waals surface area contributed by atoms with Crippen LogP contribution in [0.4, 0.5) is 0 Å². The summed E-state index contributed by atoms with van der Waals surface area (Å²) >= 11 is 0. The number of carbonyl (C=O) groups excluding carboxylic acids is 2. The molecular formula is C8H13O4. The average Bonchev–Trinajstić information content (AvgIpc) is 1.84. The first kappa shape index (κ1) is 10.9. The SMILES string of the molecule is CC(C)CC(=O)OC(C)O[C]=O. The molecule has 0 saturated carbocycles. The van der Waals surface area contributed by atoms with E-state index < -0.39 is 6.29 Å². The van der Waals surface area contributed by atoms with Gasteiger partial charge in [-0.25, -0.2) is 4.79 Å². The Kier molecular flexibility index (Phi) is 5.08. The number of carbonyl (C=O) groups is 1. The Morgan fingerprint density at radius 1 is 1.42 bits per heavy atom. The fourth-order valence-corrected chi connectivity index (χ4v) is 0.658. The predicted molar refractivity (Wildman–Crippen MR) is 41.8 cm³/mol. The molecule has 0 aliphatic carbocycles. The summed E-state index contributed by atoms with van der Waals surface area (Å²) in [4.78, 5) is 20.6. The molecule has 0 fully saturated rings. The van der Waals surface area contributed by atoms with Gasteiger partial charge in [-0.2, -0.15) is 0 Å². The molecule has 12 heavy (non-hydrogen) atoms. The lowest BCUT2D eigenvalue weighted by molar-refractivity contribution is -0.163. The monoisotopic (exact) mass is 173 g/mol. The second-order valence-corrected chi connectivity index (χ2v) is 2.86. The third kappa shape index (κ3) is 5.70. The quantitative estimate of drug-likeness (QED) is 0.460. The molecule has 4 nitrogen and oxygen atoms in total. The Morgan fingerprint density at radius 3 is 2.42 bits per heavy atom. The van der Waals surface area contributed by atoms with Gasteiger partial charge < -0.3 is 9.47 Å². The van der Waals surface area contributed by atoms with Crippen molar-refractivity contribution in [2.24, 2.45) is 5.92 Å². The zero-order chi connectivity index (χ0) is 9.56. The molecule has 69 valence electrons. The molecule has 0 bridgehead atoms. The van der Waals surface area contributed by atoms with Gasteiger partial charge >= 0.3 is 12.4 Å². The van der Waals surface area contributed by atoms with Crippen molar-refractivity contribution in [1.82, 2.24) is 0 Å². The van der Waals surface area contributed by atoms with Gasteiger partial charge in [0.1, 0.15) is 0 Å². The van der Waals surface area contributed by atoms with Crippen molar-refractivity contribution < 1.29 is 19.1 Å². The molecule has 0 aromatic carbocycles. The first-order valence-corrected chi connectivity index (χ1v) is 3.78. The van der Waals surface area contributed by atoms with Crippen molar-refractivity contribution >= 4 is 12.4 Å². The maximum Gasteiger partial charge on any atom is 0.420 e. The lowest BCUT2D eigenvalue weighted by Crippen LogP contribution is -2.18. The van der Waals surface area contributed by atoms with Crippen molar-refractivity contribution in [1.29, 1.82) is 0 Å². The minimum Gasteiger partial charge on any atom is -0.425 e. The van der Waals surface area contributed by atoms with Crippen LogP contribution >= 0.6 is 0 Å². The van der Waals surface area contributed by atoms with Gasteiger partial charge in [-0.1, -0.05) is 13.8 Å². The van der Waals surface area contributed by atoms with Crippen LogP contribution in [0.5, 0.6) is 0 Å². The molecule has 0 spiro atoms. The van der Waals surface area contributed by atoms with Crippen molar-refractivity contribution in [3.8, 4) is 0 Å². The van der Waals surface area contributed by atoms with E-state index in [2.05, 4.69) is 9.47 Å². The van der Waals surface area contributed by atoms with E-state index in [1.165, 1.54) is 13.4 Å². The highest BCUT2D eigenvalue weighted by Crippen LogP contribution is 2.03. The number of esters is 1. The third-order valence-electron chi connectivity index (χ3n) is 1.09. The Bertz CT molecular complexity index is 153. The van der Waals surface area contributed by atoms with Crippen LogP contribution in [-0.4, -0.2) is 18.7 Å². The summed E-state index contributed by atoms with van der Waals surface area (Å²) < 4.78 is 8.92. The van der Waals surface area contributed by atoms with Crippen molar-refractivity contribution in [2.45, 2.75) is 33.5 Å². The van der Waals surface area contributed by atoms with Crippen LogP contribution in [-0.2, 0) is 19.1 Å². The number of ether oxygens (including phenoxy) is 2. The number of rotatable bonds is 5. The topological polar surface area (TPSA) is 52.6 Å². The molecule has 0 rings (SSSR count). The largest absolute Gasteiger partial charge is 0.425 e. The molecule has 0 aliphatic heterocycles. The van der Waals surface area contributed by atoms with E-state index in [1.807, 2.05) is 13.8 Å². The summed E-state index contributed by atoms with van der Waals surface area (Å²) in [6, 6.07) is 0. The molecule has 0 saturated heterocycles. The highest BCUT2D eigenvalue weighted by atomic mass is 16.7.